The lowest BCUT2D eigenvalue weighted by atomic mass is 10.2. The molecule has 2 heterocycles. The van der Waals surface area contributed by atoms with E-state index >= 15 is 0 Å². The normalized spacial score (nSPS) is 10.6. The number of rotatable bonds is 5. The lowest BCUT2D eigenvalue weighted by Gasteiger charge is -2.12. The molecule has 0 bridgehead atoms. The van der Waals surface area contributed by atoms with Crippen molar-refractivity contribution in [2.24, 2.45) is 0 Å². The van der Waals surface area contributed by atoms with Crippen molar-refractivity contribution in [1.29, 1.82) is 0 Å². The van der Waals surface area contributed by atoms with Crippen LogP contribution in [0.2, 0.25) is 0 Å². The molecular weight excluding hydrogens is 270 g/mol. The highest BCUT2D eigenvalue weighted by Gasteiger charge is 2.13. The number of carboxylic acid groups (broad SMARTS) is 1. The summed E-state index contributed by atoms with van der Waals surface area (Å²) in [6.07, 6.45) is 3.18. The number of hydrogen-bond donors (Lipinski definition) is 2. The van der Waals surface area contributed by atoms with E-state index in [2.05, 4.69) is 10.3 Å². The van der Waals surface area contributed by atoms with Crippen LogP contribution in [0.15, 0.2) is 36.7 Å². The molecule has 21 heavy (non-hydrogen) atoms. The first-order valence-electron chi connectivity index (χ1n) is 6.62. The number of pyridine rings is 1. The second-order valence-electron chi connectivity index (χ2n) is 4.96. The minimum Gasteiger partial charge on any atom is -0.481 e. The zero-order chi connectivity index (χ0) is 15.4. The van der Waals surface area contributed by atoms with Crippen LogP contribution >= 0.6 is 0 Å². The second-order valence-corrected chi connectivity index (χ2v) is 4.96. The van der Waals surface area contributed by atoms with Crippen molar-refractivity contribution in [2.75, 3.05) is 5.32 Å². The highest BCUT2D eigenvalue weighted by Crippen LogP contribution is 2.14. The maximum absolute atomic E-state index is 12.2. The summed E-state index contributed by atoms with van der Waals surface area (Å²) in [5.74, 6) is -1.16. The van der Waals surface area contributed by atoms with Gasteiger partial charge in [0.05, 0.1) is 24.0 Å². The molecule has 6 heteroatoms. The summed E-state index contributed by atoms with van der Waals surface area (Å²) in [4.78, 5) is 26.8. The van der Waals surface area contributed by atoms with E-state index in [-0.39, 0.29) is 18.4 Å². The fourth-order valence-corrected chi connectivity index (χ4v) is 1.99. The van der Waals surface area contributed by atoms with E-state index in [4.69, 9.17) is 5.11 Å². The van der Waals surface area contributed by atoms with Gasteiger partial charge in [-0.25, -0.2) is 0 Å². The SMILES string of the molecule is CC(C)n1cccc1C(=O)Nc1ccc(CC(=O)O)nc1. The summed E-state index contributed by atoms with van der Waals surface area (Å²) >= 11 is 0. The van der Waals surface area contributed by atoms with Crippen molar-refractivity contribution < 1.29 is 14.7 Å². The molecule has 0 unspecified atom stereocenters. The Balaban J connectivity index is 2.09. The smallest absolute Gasteiger partial charge is 0.309 e. The number of nitrogens with zero attached hydrogens (tertiary/aromatic N) is 2. The van der Waals surface area contributed by atoms with Crippen LogP contribution in [0.1, 0.15) is 36.1 Å². The van der Waals surface area contributed by atoms with Gasteiger partial charge in [-0.1, -0.05) is 0 Å². The molecular formula is C15H17N3O3. The third-order valence-electron chi connectivity index (χ3n) is 2.98. The second kappa shape index (κ2) is 6.21. The Morgan fingerprint density at radius 2 is 2.10 bits per heavy atom. The zero-order valence-electron chi connectivity index (χ0n) is 11.9. The number of amides is 1. The van der Waals surface area contributed by atoms with Gasteiger partial charge in [0, 0.05) is 12.2 Å². The Morgan fingerprint density at radius 1 is 1.33 bits per heavy atom. The van der Waals surface area contributed by atoms with Crippen LogP contribution in [0.3, 0.4) is 0 Å². The largest absolute Gasteiger partial charge is 0.481 e. The Morgan fingerprint density at radius 3 is 2.67 bits per heavy atom. The van der Waals surface area contributed by atoms with Gasteiger partial charge in [-0.05, 0) is 38.1 Å². The number of carboxylic acids is 1. The molecule has 110 valence electrons. The Kier molecular flexibility index (Phi) is 4.37. The van der Waals surface area contributed by atoms with Crippen LogP contribution in [0.4, 0.5) is 5.69 Å². The van der Waals surface area contributed by atoms with Gasteiger partial charge in [0.1, 0.15) is 5.69 Å². The average molecular weight is 287 g/mol. The van der Waals surface area contributed by atoms with Gasteiger partial charge in [-0.2, -0.15) is 0 Å². The molecule has 2 aromatic rings. The van der Waals surface area contributed by atoms with E-state index in [1.54, 1.807) is 18.2 Å². The number of aromatic nitrogens is 2. The summed E-state index contributed by atoms with van der Waals surface area (Å²) in [6, 6.07) is 7.00. The molecule has 2 rings (SSSR count). The van der Waals surface area contributed by atoms with Gasteiger partial charge in [0.25, 0.3) is 5.91 Å². The first kappa shape index (κ1) is 14.8. The molecule has 0 aliphatic carbocycles. The topological polar surface area (TPSA) is 84.2 Å². The number of carbonyl (C=O) groups is 2. The van der Waals surface area contributed by atoms with Crippen LogP contribution in [-0.4, -0.2) is 26.5 Å². The van der Waals surface area contributed by atoms with E-state index in [1.807, 2.05) is 30.7 Å². The van der Waals surface area contributed by atoms with Gasteiger partial charge in [-0.15, -0.1) is 0 Å². The predicted octanol–water partition coefficient (Wildman–Crippen LogP) is 2.34. The number of nitrogens with one attached hydrogen (secondary N) is 1. The van der Waals surface area contributed by atoms with Crippen LogP contribution in [0.5, 0.6) is 0 Å². The summed E-state index contributed by atoms with van der Waals surface area (Å²) in [7, 11) is 0. The Bertz CT molecular complexity index is 644. The van der Waals surface area contributed by atoms with E-state index in [0.717, 1.165) is 0 Å². The molecule has 0 saturated heterocycles. The summed E-state index contributed by atoms with van der Waals surface area (Å²) in [5, 5.41) is 11.4. The maximum atomic E-state index is 12.2. The molecule has 0 aliphatic rings. The van der Waals surface area contributed by atoms with Gasteiger partial charge >= 0.3 is 5.97 Å². The Labute approximate surface area is 122 Å². The molecule has 0 fully saturated rings. The minimum atomic E-state index is -0.936. The van der Waals surface area contributed by atoms with Gasteiger partial charge in [0.15, 0.2) is 0 Å². The van der Waals surface area contributed by atoms with E-state index in [0.29, 0.717) is 17.1 Å². The van der Waals surface area contributed by atoms with Crippen LogP contribution in [0.25, 0.3) is 0 Å². The first-order chi connectivity index (χ1) is 9.97. The average Bonchev–Trinajstić information content (AvgIpc) is 2.90. The third-order valence-corrected chi connectivity index (χ3v) is 2.98. The lowest BCUT2D eigenvalue weighted by molar-refractivity contribution is -0.136. The highest BCUT2D eigenvalue weighted by atomic mass is 16.4. The summed E-state index contributed by atoms with van der Waals surface area (Å²) in [5.41, 5.74) is 1.55. The fourth-order valence-electron chi connectivity index (χ4n) is 1.99. The summed E-state index contributed by atoms with van der Waals surface area (Å²) < 4.78 is 1.88. The molecule has 0 aromatic carbocycles. The molecule has 2 N–H and O–H groups in total. The monoisotopic (exact) mass is 287 g/mol. The van der Waals surface area contributed by atoms with Crippen LogP contribution in [0, 0.1) is 0 Å². The predicted molar refractivity (Wildman–Crippen MR) is 78.3 cm³/mol. The van der Waals surface area contributed by atoms with Crippen molar-refractivity contribution in [1.82, 2.24) is 9.55 Å². The molecule has 6 nitrogen and oxygen atoms in total. The highest BCUT2D eigenvalue weighted by molar-refractivity contribution is 6.03. The van der Waals surface area contributed by atoms with Crippen LogP contribution < -0.4 is 5.32 Å². The van der Waals surface area contributed by atoms with Crippen molar-refractivity contribution in [3.8, 4) is 0 Å². The van der Waals surface area contributed by atoms with Crippen molar-refractivity contribution in [3.63, 3.8) is 0 Å². The van der Waals surface area contributed by atoms with Gasteiger partial charge in [0.2, 0.25) is 0 Å². The number of aliphatic carboxylic acids is 1. The van der Waals surface area contributed by atoms with Crippen molar-refractivity contribution >= 4 is 17.6 Å². The summed E-state index contributed by atoms with van der Waals surface area (Å²) in [6.45, 7) is 4.00. The molecule has 0 radical (unpaired) electrons. The van der Waals surface area contributed by atoms with Crippen molar-refractivity contribution in [2.45, 2.75) is 26.3 Å². The third kappa shape index (κ3) is 3.68. The van der Waals surface area contributed by atoms with E-state index in [1.165, 1.54) is 6.20 Å². The lowest BCUT2D eigenvalue weighted by Crippen LogP contribution is -2.18. The quantitative estimate of drug-likeness (QED) is 0.884. The zero-order valence-corrected chi connectivity index (χ0v) is 11.9. The fraction of sp³-hybridized carbons (Fsp3) is 0.267. The Hall–Kier alpha value is -2.63. The van der Waals surface area contributed by atoms with Crippen LogP contribution in [-0.2, 0) is 11.2 Å². The molecule has 2 aromatic heterocycles. The van der Waals surface area contributed by atoms with Gasteiger partial charge in [-0.3, -0.25) is 14.6 Å². The maximum Gasteiger partial charge on any atom is 0.309 e. The number of anilines is 1. The molecule has 0 saturated carbocycles. The standard InChI is InChI=1S/C15H17N3O3/c1-10(2)18-7-3-4-13(18)15(21)17-12-6-5-11(16-9-12)8-14(19)20/h3-7,9-10H,8H2,1-2H3,(H,17,21)(H,19,20). The van der Waals surface area contributed by atoms with Gasteiger partial charge < -0.3 is 15.0 Å². The van der Waals surface area contributed by atoms with E-state index < -0.39 is 5.97 Å². The molecule has 0 spiro atoms. The minimum absolute atomic E-state index is 0.134. The first-order valence-corrected chi connectivity index (χ1v) is 6.62. The number of hydrogen-bond acceptors (Lipinski definition) is 3. The molecule has 0 atom stereocenters. The van der Waals surface area contributed by atoms with E-state index in [9.17, 15) is 9.59 Å². The molecule has 1 amide bonds. The molecule has 0 aliphatic heterocycles. The van der Waals surface area contributed by atoms with Crippen molar-refractivity contribution in [3.05, 3.63) is 48.0 Å². The number of carbonyl (C=O) groups excluding carboxylic acids is 1.